The Hall–Kier alpha value is -1.04. The molecule has 0 radical (unpaired) electrons. The van der Waals surface area contributed by atoms with E-state index in [0.29, 0.717) is 0 Å². The maximum absolute atomic E-state index is 3.95. The summed E-state index contributed by atoms with van der Waals surface area (Å²) in [7, 11) is 0. The molecule has 1 rings (SSSR count). The van der Waals surface area contributed by atoms with E-state index in [4.69, 9.17) is 0 Å². The van der Waals surface area contributed by atoms with Crippen molar-refractivity contribution in [2.45, 2.75) is 32.1 Å². The molecule has 0 amide bonds. The molecular weight excluding hydrogens is 156 g/mol. The van der Waals surface area contributed by atoms with Gasteiger partial charge in [0.1, 0.15) is 0 Å². The topological polar surface area (TPSA) is 0 Å². The Morgan fingerprint density at radius 1 is 1.15 bits per heavy atom. The Balaban J connectivity index is 3.08. The van der Waals surface area contributed by atoms with Crippen molar-refractivity contribution in [3.63, 3.8) is 0 Å². The van der Waals surface area contributed by atoms with Crippen molar-refractivity contribution in [3.8, 4) is 0 Å². The van der Waals surface area contributed by atoms with Gasteiger partial charge in [-0.2, -0.15) is 0 Å². The monoisotopic (exact) mass is 174 g/mol. The van der Waals surface area contributed by atoms with Crippen molar-refractivity contribution in [1.82, 2.24) is 0 Å². The summed E-state index contributed by atoms with van der Waals surface area (Å²) in [5.74, 6) is 0. The quantitative estimate of drug-likeness (QED) is 0.607. The summed E-state index contributed by atoms with van der Waals surface area (Å²) in [5.41, 5.74) is 1.57. The fourth-order valence-electron chi connectivity index (χ4n) is 1.83. The highest BCUT2D eigenvalue weighted by Gasteiger charge is 2.23. The van der Waals surface area contributed by atoms with Crippen LogP contribution >= 0.6 is 0 Å². The van der Waals surface area contributed by atoms with Crippen LogP contribution < -0.4 is 0 Å². The van der Waals surface area contributed by atoms with Crippen molar-refractivity contribution < 1.29 is 0 Å². The van der Waals surface area contributed by atoms with Gasteiger partial charge in [-0.25, -0.2) is 0 Å². The van der Waals surface area contributed by atoms with Crippen LogP contribution in [0.4, 0.5) is 0 Å². The fourth-order valence-corrected chi connectivity index (χ4v) is 1.83. The summed E-state index contributed by atoms with van der Waals surface area (Å²) in [4.78, 5) is 0. The van der Waals surface area contributed by atoms with Crippen LogP contribution in [0.15, 0.2) is 43.0 Å². The molecule has 0 aliphatic carbocycles. The lowest BCUT2D eigenvalue weighted by atomic mass is 9.76. The van der Waals surface area contributed by atoms with E-state index in [9.17, 15) is 0 Å². The minimum atomic E-state index is 0.182. The normalized spacial score (nSPS) is 11.2. The first-order chi connectivity index (χ1) is 6.29. The van der Waals surface area contributed by atoms with Crippen molar-refractivity contribution in [2.24, 2.45) is 0 Å². The molecule has 0 atom stereocenters. The molecule has 13 heavy (non-hydrogen) atoms. The van der Waals surface area contributed by atoms with E-state index in [1.165, 1.54) is 5.56 Å². The van der Waals surface area contributed by atoms with Crippen LogP contribution in [0.3, 0.4) is 0 Å². The van der Waals surface area contributed by atoms with Crippen LogP contribution in [-0.2, 0) is 5.41 Å². The van der Waals surface area contributed by atoms with Crippen LogP contribution in [-0.4, -0.2) is 0 Å². The Labute approximate surface area is 81.3 Å². The lowest BCUT2D eigenvalue weighted by molar-refractivity contribution is 0.498. The predicted octanol–water partition coefficient (Wildman–Crippen LogP) is 3.93. The highest BCUT2D eigenvalue weighted by molar-refractivity contribution is 5.29. The van der Waals surface area contributed by atoms with E-state index >= 15 is 0 Å². The maximum atomic E-state index is 3.95. The molecule has 0 aromatic heterocycles. The second kappa shape index (κ2) is 4.27. The van der Waals surface area contributed by atoms with Crippen molar-refractivity contribution >= 4 is 0 Å². The van der Waals surface area contributed by atoms with Crippen LogP contribution in [0.25, 0.3) is 0 Å². The lowest BCUT2D eigenvalue weighted by Gasteiger charge is -2.28. The van der Waals surface area contributed by atoms with E-state index in [1.54, 1.807) is 0 Å². The van der Waals surface area contributed by atoms with Gasteiger partial charge in [-0.15, -0.1) is 6.58 Å². The van der Waals surface area contributed by atoms with Crippen molar-refractivity contribution in [3.05, 3.63) is 48.6 Å². The maximum Gasteiger partial charge on any atom is 0.0124 e. The Morgan fingerprint density at radius 3 is 2.08 bits per heavy atom. The molecule has 0 saturated carbocycles. The molecule has 0 unspecified atom stereocenters. The standard InChI is InChI=1S/C13H18/c1-4-13(5-2,6-3)12-10-8-7-9-11-12/h4,7-11H,1,5-6H2,2-3H3. The number of allylic oxidation sites excluding steroid dienone is 1. The third-order valence-electron chi connectivity index (χ3n) is 3.00. The largest absolute Gasteiger partial charge is 0.102 e. The van der Waals surface area contributed by atoms with Crippen molar-refractivity contribution in [1.29, 1.82) is 0 Å². The molecular formula is C13H18. The molecule has 0 heterocycles. The summed E-state index contributed by atoms with van der Waals surface area (Å²) < 4.78 is 0. The van der Waals surface area contributed by atoms with Gasteiger partial charge in [-0.05, 0) is 18.4 Å². The number of hydrogen-bond acceptors (Lipinski definition) is 0. The summed E-state index contributed by atoms with van der Waals surface area (Å²) in [6, 6.07) is 10.6. The molecule has 70 valence electrons. The Kier molecular flexibility index (Phi) is 3.30. The van der Waals surface area contributed by atoms with Crippen LogP contribution in [0.1, 0.15) is 32.3 Å². The van der Waals surface area contributed by atoms with Crippen LogP contribution in [0.2, 0.25) is 0 Å². The van der Waals surface area contributed by atoms with E-state index < -0.39 is 0 Å². The van der Waals surface area contributed by atoms with Gasteiger partial charge in [0.25, 0.3) is 0 Å². The van der Waals surface area contributed by atoms with Gasteiger partial charge in [0.05, 0.1) is 0 Å². The average molecular weight is 174 g/mol. The van der Waals surface area contributed by atoms with Gasteiger partial charge in [-0.3, -0.25) is 0 Å². The van der Waals surface area contributed by atoms with Gasteiger partial charge in [-0.1, -0.05) is 50.3 Å². The molecule has 0 aliphatic rings. The van der Waals surface area contributed by atoms with E-state index in [0.717, 1.165) is 12.8 Å². The van der Waals surface area contributed by atoms with Crippen LogP contribution in [0.5, 0.6) is 0 Å². The smallest absolute Gasteiger partial charge is 0.0124 e. The number of benzene rings is 1. The molecule has 1 aromatic rings. The molecule has 0 heteroatoms. The van der Waals surface area contributed by atoms with E-state index in [2.05, 4.69) is 56.8 Å². The molecule has 0 bridgehead atoms. The second-order valence-electron chi connectivity index (χ2n) is 3.43. The van der Waals surface area contributed by atoms with Crippen LogP contribution in [0, 0.1) is 0 Å². The lowest BCUT2D eigenvalue weighted by Crippen LogP contribution is -2.20. The zero-order chi connectivity index (χ0) is 9.73. The first-order valence-corrected chi connectivity index (χ1v) is 4.98. The SMILES string of the molecule is C=CC(CC)(CC)c1ccccc1. The summed E-state index contributed by atoms with van der Waals surface area (Å²) in [6.07, 6.45) is 4.33. The minimum Gasteiger partial charge on any atom is -0.102 e. The summed E-state index contributed by atoms with van der Waals surface area (Å²) in [6.45, 7) is 8.39. The highest BCUT2D eigenvalue weighted by Crippen LogP contribution is 2.32. The first kappa shape index (κ1) is 10.0. The molecule has 0 saturated heterocycles. The summed E-state index contributed by atoms with van der Waals surface area (Å²) in [5, 5.41) is 0. The first-order valence-electron chi connectivity index (χ1n) is 4.98. The molecule has 0 N–H and O–H groups in total. The van der Waals surface area contributed by atoms with Crippen molar-refractivity contribution in [2.75, 3.05) is 0 Å². The number of hydrogen-bond donors (Lipinski definition) is 0. The fraction of sp³-hybridized carbons (Fsp3) is 0.385. The Bertz CT molecular complexity index is 255. The van der Waals surface area contributed by atoms with E-state index in [1.807, 2.05) is 0 Å². The van der Waals surface area contributed by atoms with Gasteiger partial charge in [0.2, 0.25) is 0 Å². The molecule has 0 fully saturated rings. The minimum absolute atomic E-state index is 0.182. The average Bonchev–Trinajstić information content (AvgIpc) is 2.23. The predicted molar refractivity (Wildman–Crippen MR) is 58.9 cm³/mol. The van der Waals surface area contributed by atoms with Gasteiger partial charge >= 0.3 is 0 Å². The zero-order valence-electron chi connectivity index (χ0n) is 8.59. The summed E-state index contributed by atoms with van der Waals surface area (Å²) >= 11 is 0. The third kappa shape index (κ3) is 1.82. The third-order valence-corrected chi connectivity index (χ3v) is 3.00. The molecule has 0 spiro atoms. The van der Waals surface area contributed by atoms with Gasteiger partial charge in [0.15, 0.2) is 0 Å². The zero-order valence-corrected chi connectivity index (χ0v) is 8.59. The molecule has 0 aliphatic heterocycles. The van der Waals surface area contributed by atoms with Gasteiger partial charge in [0, 0.05) is 5.41 Å². The number of rotatable bonds is 4. The second-order valence-corrected chi connectivity index (χ2v) is 3.43. The van der Waals surface area contributed by atoms with E-state index in [-0.39, 0.29) is 5.41 Å². The molecule has 0 nitrogen and oxygen atoms in total. The highest BCUT2D eigenvalue weighted by atomic mass is 14.3. The van der Waals surface area contributed by atoms with Gasteiger partial charge < -0.3 is 0 Å². The Morgan fingerprint density at radius 2 is 1.69 bits per heavy atom. The molecule has 1 aromatic carbocycles.